The van der Waals surface area contributed by atoms with E-state index in [2.05, 4.69) is 214 Å². The van der Waals surface area contributed by atoms with Crippen molar-refractivity contribution < 1.29 is 0 Å². The van der Waals surface area contributed by atoms with Crippen molar-refractivity contribution in [2.75, 3.05) is 0 Å². The molecule has 59 heavy (non-hydrogen) atoms. The van der Waals surface area contributed by atoms with Crippen LogP contribution in [0.5, 0.6) is 0 Å². The van der Waals surface area contributed by atoms with Crippen LogP contribution in [0.3, 0.4) is 0 Å². The third-order valence-electron chi connectivity index (χ3n) is 12.3. The van der Waals surface area contributed by atoms with Gasteiger partial charge in [0.2, 0.25) is 0 Å². The van der Waals surface area contributed by atoms with E-state index in [1.807, 2.05) is 6.07 Å². The molecule has 0 aliphatic heterocycles. The Hall–Kier alpha value is -7.42. The van der Waals surface area contributed by atoms with E-state index in [0.717, 1.165) is 55.7 Å². The molecule has 0 amide bonds. The van der Waals surface area contributed by atoms with E-state index in [1.165, 1.54) is 49.5 Å². The molecular weight excluding hydrogens is 713 g/mol. The molecule has 1 aromatic heterocycles. The summed E-state index contributed by atoms with van der Waals surface area (Å²) in [5.41, 5.74) is 17.3. The van der Waals surface area contributed by atoms with E-state index >= 15 is 0 Å². The lowest BCUT2D eigenvalue weighted by Crippen LogP contribution is -2.15. The molecule has 0 saturated carbocycles. The predicted molar refractivity (Wildman–Crippen MR) is 247 cm³/mol. The lowest BCUT2D eigenvalue weighted by Gasteiger charge is -2.22. The summed E-state index contributed by atoms with van der Waals surface area (Å²) in [6, 6.07) is 74.3. The maximum Gasteiger partial charge on any atom is 0.160 e. The van der Waals surface area contributed by atoms with Gasteiger partial charge < -0.3 is 0 Å². The van der Waals surface area contributed by atoms with Gasteiger partial charge >= 0.3 is 0 Å². The Morgan fingerprint density at radius 1 is 0.322 bits per heavy atom. The van der Waals surface area contributed by atoms with E-state index in [4.69, 9.17) is 9.97 Å². The van der Waals surface area contributed by atoms with Gasteiger partial charge in [-0.3, -0.25) is 0 Å². The van der Waals surface area contributed by atoms with Crippen LogP contribution in [0.4, 0.5) is 0 Å². The highest BCUT2D eigenvalue weighted by molar-refractivity contribution is 6.06. The first-order valence-electron chi connectivity index (χ1n) is 20.4. The third kappa shape index (κ3) is 5.96. The SMILES string of the molecule is CC1(C)c2cc(-c3ccc(-c4cc(-c5cc(-c6ccccc6)cc(-c6ccccc6)c5)nc(-c5ccccc5)n4)c4ccccc34)ccc2-c2c1ccc1ccccc21. The first-order valence-corrected chi connectivity index (χ1v) is 20.4. The zero-order chi connectivity index (χ0) is 39.5. The molecule has 0 bridgehead atoms. The van der Waals surface area contributed by atoms with Crippen molar-refractivity contribution in [1.29, 1.82) is 0 Å². The molecular formula is C57H40N2. The molecule has 9 aromatic carbocycles. The zero-order valence-corrected chi connectivity index (χ0v) is 33.0. The molecule has 2 nitrogen and oxygen atoms in total. The van der Waals surface area contributed by atoms with Gasteiger partial charge in [-0.1, -0.05) is 190 Å². The van der Waals surface area contributed by atoms with Crippen molar-refractivity contribution in [1.82, 2.24) is 9.97 Å². The lowest BCUT2D eigenvalue weighted by atomic mass is 9.81. The first kappa shape index (κ1) is 34.8. The van der Waals surface area contributed by atoms with Crippen molar-refractivity contribution >= 4 is 21.5 Å². The normalized spacial score (nSPS) is 12.7. The number of hydrogen-bond acceptors (Lipinski definition) is 2. The topological polar surface area (TPSA) is 25.8 Å². The highest BCUT2D eigenvalue weighted by Gasteiger charge is 2.36. The van der Waals surface area contributed by atoms with Crippen LogP contribution in [-0.4, -0.2) is 9.97 Å². The summed E-state index contributed by atoms with van der Waals surface area (Å²) in [5, 5.41) is 4.96. The van der Waals surface area contributed by atoms with E-state index in [1.54, 1.807) is 0 Å². The predicted octanol–water partition coefficient (Wildman–Crippen LogP) is 15.1. The standard InChI is InChI=1S/C57H40N2/c1-57(2)51-31-27-39-20-12-13-23-46(39)55(51)50-28-26-41(35-52(50)57)45-29-30-49(48-25-15-14-24-47(45)48)54-36-53(58-56(59-54)40-21-10-5-11-22-40)44-33-42(37-16-6-3-7-17-37)32-43(34-44)38-18-8-4-9-19-38/h3-36H,1-2H3. The summed E-state index contributed by atoms with van der Waals surface area (Å²) in [6.07, 6.45) is 0. The molecule has 1 heterocycles. The van der Waals surface area contributed by atoms with Crippen LogP contribution in [0.1, 0.15) is 25.0 Å². The highest BCUT2D eigenvalue weighted by Crippen LogP contribution is 2.52. The number of benzene rings is 9. The molecule has 11 rings (SSSR count). The quantitative estimate of drug-likeness (QED) is 0.169. The molecule has 0 saturated heterocycles. The molecule has 0 spiro atoms. The van der Waals surface area contributed by atoms with Crippen LogP contribution < -0.4 is 0 Å². The molecule has 10 aromatic rings. The second-order valence-electron chi connectivity index (χ2n) is 16.2. The highest BCUT2D eigenvalue weighted by atomic mass is 14.9. The second-order valence-corrected chi connectivity index (χ2v) is 16.2. The summed E-state index contributed by atoms with van der Waals surface area (Å²) in [5.74, 6) is 0.700. The number of aromatic nitrogens is 2. The Kier molecular flexibility index (Phi) is 8.20. The maximum atomic E-state index is 5.32. The first-order chi connectivity index (χ1) is 29.0. The lowest BCUT2D eigenvalue weighted by molar-refractivity contribution is 0.661. The van der Waals surface area contributed by atoms with Gasteiger partial charge in [-0.05, 0) is 108 Å². The molecule has 1 aliphatic rings. The fourth-order valence-corrected chi connectivity index (χ4v) is 9.27. The maximum absolute atomic E-state index is 5.32. The van der Waals surface area contributed by atoms with E-state index in [9.17, 15) is 0 Å². The monoisotopic (exact) mass is 752 g/mol. The van der Waals surface area contributed by atoms with Crippen LogP contribution in [0, 0.1) is 0 Å². The Morgan fingerprint density at radius 3 is 1.53 bits per heavy atom. The Labute approximate surface area is 345 Å². The molecule has 0 unspecified atom stereocenters. The van der Waals surface area contributed by atoms with E-state index in [-0.39, 0.29) is 5.41 Å². The van der Waals surface area contributed by atoms with Crippen LogP contribution in [0.25, 0.3) is 100.0 Å². The van der Waals surface area contributed by atoms with Crippen LogP contribution >= 0.6 is 0 Å². The summed E-state index contributed by atoms with van der Waals surface area (Å²) in [7, 11) is 0. The largest absolute Gasteiger partial charge is 0.228 e. The van der Waals surface area contributed by atoms with Gasteiger partial charge in [0.25, 0.3) is 0 Å². The minimum absolute atomic E-state index is 0.121. The number of nitrogens with zero attached hydrogens (tertiary/aromatic N) is 2. The average Bonchev–Trinajstić information content (AvgIpc) is 3.54. The average molecular weight is 753 g/mol. The van der Waals surface area contributed by atoms with Crippen molar-refractivity contribution in [3.05, 3.63) is 217 Å². The smallest absolute Gasteiger partial charge is 0.160 e. The van der Waals surface area contributed by atoms with Crippen molar-refractivity contribution in [2.24, 2.45) is 0 Å². The van der Waals surface area contributed by atoms with Gasteiger partial charge in [0.15, 0.2) is 5.82 Å². The van der Waals surface area contributed by atoms with Crippen molar-refractivity contribution in [3.8, 4) is 78.4 Å². The Bertz CT molecular complexity index is 3160. The summed E-state index contributed by atoms with van der Waals surface area (Å²) >= 11 is 0. The van der Waals surface area contributed by atoms with E-state index in [0.29, 0.717) is 5.82 Å². The summed E-state index contributed by atoms with van der Waals surface area (Å²) < 4.78 is 0. The molecule has 0 radical (unpaired) electrons. The van der Waals surface area contributed by atoms with Gasteiger partial charge in [-0.2, -0.15) is 0 Å². The van der Waals surface area contributed by atoms with Crippen molar-refractivity contribution in [2.45, 2.75) is 19.3 Å². The van der Waals surface area contributed by atoms with Crippen molar-refractivity contribution in [3.63, 3.8) is 0 Å². The summed E-state index contributed by atoms with van der Waals surface area (Å²) in [6.45, 7) is 4.74. The van der Waals surface area contributed by atoms with Gasteiger partial charge in [0.05, 0.1) is 11.4 Å². The summed E-state index contributed by atoms with van der Waals surface area (Å²) in [4.78, 5) is 10.6. The Morgan fingerprint density at radius 2 is 0.847 bits per heavy atom. The van der Waals surface area contributed by atoms with Gasteiger partial charge in [0, 0.05) is 22.1 Å². The van der Waals surface area contributed by atoms with Gasteiger partial charge in [-0.25, -0.2) is 9.97 Å². The third-order valence-corrected chi connectivity index (χ3v) is 12.3. The minimum atomic E-state index is -0.121. The number of hydrogen-bond donors (Lipinski definition) is 0. The van der Waals surface area contributed by atoms with Gasteiger partial charge in [0.1, 0.15) is 0 Å². The van der Waals surface area contributed by atoms with Crippen LogP contribution in [0.2, 0.25) is 0 Å². The molecule has 2 heteroatoms. The molecule has 1 aliphatic carbocycles. The minimum Gasteiger partial charge on any atom is -0.228 e. The molecule has 0 N–H and O–H groups in total. The fraction of sp³-hybridized carbons (Fsp3) is 0.0526. The Balaban J connectivity index is 1.08. The zero-order valence-electron chi connectivity index (χ0n) is 33.0. The van der Waals surface area contributed by atoms with Crippen LogP contribution in [-0.2, 0) is 5.41 Å². The van der Waals surface area contributed by atoms with Gasteiger partial charge in [-0.15, -0.1) is 0 Å². The number of rotatable bonds is 6. The number of fused-ring (bicyclic) bond motifs is 6. The second kappa shape index (κ2) is 13.9. The molecule has 0 atom stereocenters. The van der Waals surface area contributed by atoms with E-state index < -0.39 is 0 Å². The molecule has 0 fully saturated rings. The van der Waals surface area contributed by atoms with Crippen LogP contribution in [0.15, 0.2) is 206 Å². The fourth-order valence-electron chi connectivity index (χ4n) is 9.27. The molecule has 278 valence electrons.